The van der Waals surface area contributed by atoms with Gasteiger partial charge in [-0.25, -0.2) is 0 Å². The van der Waals surface area contributed by atoms with Crippen LogP contribution in [0, 0.1) is 6.92 Å². The van der Waals surface area contributed by atoms with Gasteiger partial charge in [-0.1, -0.05) is 18.2 Å². The summed E-state index contributed by atoms with van der Waals surface area (Å²) in [5.74, 6) is 0.265. The average Bonchev–Trinajstić information content (AvgIpc) is 2.80. The van der Waals surface area contributed by atoms with Crippen molar-refractivity contribution in [3.63, 3.8) is 0 Å². The Morgan fingerprint density at radius 3 is 2.28 bits per heavy atom. The van der Waals surface area contributed by atoms with Gasteiger partial charge in [0.05, 0.1) is 17.9 Å². The lowest BCUT2D eigenvalue weighted by Gasteiger charge is -2.23. The lowest BCUT2D eigenvalue weighted by Crippen LogP contribution is -2.24. The highest BCUT2D eigenvalue weighted by Crippen LogP contribution is 2.26. The minimum absolute atomic E-state index is 0.265. The quantitative estimate of drug-likeness (QED) is 0.301. The van der Waals surface area contributed by atoms with Gasteiger partial charge in [-0.3, -0.25) is 19.9 Å². The van der Waals surface area contributed by atoms with Gasteiger partial charge in [-0.15, -0.1) is 0 Å². The Morgan fingerprint density at radius 2 is 1.69 bits per heavy atom. The highest BCUT2D eigenvalue weighted by Gasteiger charge is 2.14. The number of aromatic nitrogens is 2. The van der Waals surface area contributed by atoms with Crippen LogP contribution in [0.3, 0.4) is 0 Å². The molecule has 1 aromatic carbocycles. The lowest BCUT2D eigenvalue weighted by molar-refractivity contribution is 0.238. The molecule has 0 amide bonds. The maximum absolute atomic E-state index is 11.0. The van der Waals surface area contributed by atoms with E-state index in [4.69, 9.17) is 5.73 Å². The van der Waals surface area contributed by atoms with Crippen molar-refractivity contribution < 1.29 is 5.11 Å². The molecule has 0 aliphatic carbocycles. The highest BCUT2D eigenvalue weighted by atomic mass is 16.3. The number of hydrogen-bond donors (Lipinski definition) is 3. The molecule has 0 radical (unpaired) electrons. The summed E-state index contributed by atoms with van der Waals surface area (Å²) in [6.45, 7) is 6.69. The number of phenolic OH excluding ortho intramolecular Hbond substituents is 1. The molecule has 7 heteroatoms. The second-order valence-corrected chi connectivity index (χ2v) is 7.72. The Kier molecular flexibility index (Phi) is 9.31. The summed E-state index contributed by atoms with van der Waals surface area (Å²) in [6.07, 6.45) is 5.35. The number of hydrogen-bond acceptors (Lipinski definition) is 7. The monoisotopic (exact) mass is 432 g/mol. The molecule has 0 saturated heterocycles. The summed E-state index contributed by atoms with van der Waals surface area (Å²) in [7, 11) is 0. The van der Waals surface area contributed by atoms with Crippen LogP contribution in [0.1, 0.15) is 28.1 Å². The third-order valence-electron chi connectivity index (χ3n) is 4.95. The first-order valence-corrected chi connectivity index (χ1v) is 10.9. The predicted octanol–water partition coefficient (Wildman–Crippen LogP) is 2.66. The highest BCUT2D eigenvalue weighted by molar-refractivity contribution is 5.84. The third kappa shape index (κ3) is 7.53. The summed E-state index contributed by atoms with van der Waals surface area (Å²) >= 11 is 0. The van der Waals surface area contributed by atoms with Crippen LogP contribution in [-0.4, -0.2) is 52.4 Å². The van der Waals surface area contributed by atoms with Crippen LogP contribution in [0.15, 0.2) is 65.9 Å². The smallest absolute Gasteiger partial charge is 0.128 e. The fourth-order valence-corrected chi connectivity index (χ4v) is 3.49. The van der Waals surface area contributed by atoms with Crippen LogP contribution in [0.25, 0.3) is 0 Å². The van der Waals surface area contributed by atoms with Crippen molar-refractivity contribution in [3.8, 4) is 5.75 Å². The van der Waals surface area contributed by atoms with Crippen molar-refractivity contribution in [1.82, 2.24) is 20.2 Å². The van der Waals surface area contributed by atoms with Gasteiger partial charge >= 0.3 is 0 Å². The summed E-state index contributed by atoms with van der Waals surface area (Å²) in [5.41, 5.74) is 10.1. The number of nitrogens with one attached hydrogen (secondary N) is 1. The fourth-order valence-electron chi connectivity index (χ4n) is 3.49. The third-order valence-corrected chi connectivity index (χ3v) is 4.95. The number of pyridine rings is 2. The Hall–Kier alpha value is -3.13. The number of rotatable bonds is 12. The van der Waals surface area contributed by atoms with Gasteiger partial charge in [0.25, 0.3) is 0 Å². The van der Waals surface area contributed by atoms with Crippen LogP contribution >= 0.6 is 0 Å². The van der Waals surface area contributed by atoms with Gasteiger partial charge < -0.3 is 16.2 Å². The summed E-state index contributed by atoms with van der Waals surface area (Å²) < 4.78 is 0. The first-order valence-electron chi connectivity index (χ1n) is 10.9. The van der Waals surface area contributed by atoms with E-state index in [-0.39, 0.29) is 5.75 Å². The van der Waals surface area contributed by atoms with E-state index in [2.05, 4.69) is 25.2 Å². The molecule has 7 nitrogen and oxygen atoms in total. The van der Waals surface area contributed by atoms with E-state index in [1.807, 2.05) is 55.5 Å². The van der Waals surface area contributed by atoms with E-state index in [1.54, 1.807) is 18.6 Å². The second-order valence-electron chi connectivity index (χ2n) is 7.72. The summed E-state index contributed by atoms with van der Waals surface area (Å²) in [4.78, 5) is 15.6. The number of aromatic hydroxyl groups is 1. The number of phenols is 1. The maximum atomic E-state index is 11.0. The molecule has 0 aliphatic rings. The maximum Gasteiger partial charge on any atom is 0.128 e. The van der Waals surface area contributed by atoms with Crippen molar-refractivity contribution in [1.29, 1.82) is 0 Å². The number of nitrogens with two attached hydrogens (primary N) is 1. The molecular weight excluding hydrogens is 400 g/mol. The number of benzene rings is 1. The number of nitrogens with zero attached hydrogens (tertiary/aromatic N) is 4. The molecular formula is C25H32N6O. The minimum atomic E-state index is 0.265. The zero-order valence-corrected chi connectivity index (χ0v) is 18.6. The summed E-state index contributed by atoms with van der Waals surface area (Å²) in [5, 5.41) is 14.2. The zero-order chi connectivity index (χ0) is 22.6. The van der Waals surface area contributed by atoms with E-state index < -0.39 is 0 Å². The lowest BCUT2D eigenvalue weighted by atomic mass is 10.0. The van der Waals surface area contributed by atoms with E-state index in [0.29, 0.717) is 32.7 Å². The van der Waals surface area contributed by atoms with Crippen molar-refractivity contribution in [2.24, 2.45) is 10.7 Å². The van der Waals surface area contributed by atoms with Gasteiger partial charge in [0.2, 0.25) is 0 Å². The first-order chi connectivity index (χ1) is 15.7. The largest absolute Gasteiger partial charge is 0.507 e. The van der Waals surface area contributed by atoms with Crippen molar-refractivity contribution in [2.45, 2.75) is 26.6 Å². The standard InChI is InChI=1S/C25H32N6O/c1-20-14-21(16-28-13-12-27-11-8-26)25(32)22(15-20)17-31(18-23-6-2-4-9-29-23)19-24-7-3-5-10-30-24/h2-7,9-10,14-16,27,32H,8,11-13,17-19,26H2,1H3. The van der Waals surface area contributed by atoms with Crippen LogP contribution in [0.5, 0.6) is 5.75 Å². The zero-order valence-electron chi connectivity index (χ0n) is 18.6. The fraction of sp³-hybridized carbons (Fsp3) is 0.320. The molecule has 4 N–H and O–H groups in total. The molecule has 0 aliphatic heterocycles. The first kappa shape index (κ1) is 23.5. The molecule has 32 heavy (non-hydrogen) atoms. The predicted molar refractivity (Wildman–Crippen MR) is 129 cm³/mol. The summed E-state index contributed by atoms with van der Waals surface area (Å²) in [6, 6.07) is 15.8. The van der Waals surface area contributed by atoms with E-state index in [9.17, 15) is 5.11 Å². The second kappa shape index (κ2) is 12.7. The van der Waals surface area contributed by atoms with Gasteiger partial charge in [0, 0.05) is 69.0 Å². The number of aryl methyl sites for hydroxylation is 1. The van der Waals surface area contributed by atoms with E-state index in [1.165, 1.54) is 0 Å². The molecule has 3 rings (SSSR count). The normalized spacial score (nSPS) is 11.5. The van der Waals surface area contributed by atoms with Gasteiger partial charge in [0.1, 0.15) is 5.75 Å². The van der Waals surface area contributed by atoms with Crippen LogP contribution < -0.4 is 11.1 Å². The molecule has 168 valence electrons. The van der Waals surface area contributed by atoms with Crippen molar-refractivity contribution in [2.75, 3.05) is 26.2 Å². The van der Waals surface area contributed by atoms with Crippen LogP contribution in [0.2, 0.25) is 0 Å². The topological polar surface area (TPSA) is 99.7 Å². The molecule has 0 fully saturated rings. The Labute approximate surface area is 190 Å². The van der Waals surface area contributed by atoms with Crippen LogP contribution in [0.4, 0.5) is 0 Å². The molecule has 3 aromatic rings. The van der Waals surface area contributed by atoms with Crippen LogP contribution in [-0.2, 0) is 19.6 Å². The van der Waals surface area contributed by atoms with Gasteiger partial charge in [-0.2, -0.15) is 0 Å². The minimum Gasteiger partial charge on any atom is -0.507 e. The Morgan fingerprint density at radius 1 is 1.00 bits per heavy atom. The van der Waals surface area contributed by atoms with Crippen molar-refractivity contribution in [3.05, 3.63) is 89.0 Å². The molecule has 0 bridgehead atoms. The average molecular weight is 433 g/mol. The molecule has 2 heterocycles. The molecule has 0 saturated carbocycles. The van der Waals surface area contributed by atoms with Crippen molar-refractivity contribution >= 4 is 6.21 Å². The molecule has 2 aromatic heterocycles. The van der Waals surface area contributed by atoms with Gasteiger partial charge in [-0.05, 0) is 42.8 Å². The molecule has 0 unspecified atom stereocenters. The SMILES string of the molecule is Cc1cc(C=NCCNCCN)c(O)c(CN(Cc2ccccn2)Cc2ccccn2)c1. The number of aliphatic imine (C=N–C) groups is 1. The Balaban J connectivity index is 1.77. The Bertz CT molecular complexity index is 937. The molecule has 0 spiro atoms. The molecule has 0 atom stereocenters. The van der Waals surface area contributed by atoms with Gasteiger partial charge in [0.15, 0.2) is 0 Å². The van der Waals surface area contributed by atoms with E-state index in [0.717, 1.165) is 41.2 Å². The van der Waals surface area contributed by atoms with E-state index >= 15 is 0 Å².